The van der Waals surface area contributed by atoms with E-state index in [-0.39, 0.29) is 30.2 Å². The lowest BCUT2D eigenvalue weighted by atomic mass is 10.2. The largest absolute Gasteiger partial charge is 0.493 e. The molecule has 0 aliphatic carbocycles. The highest BCUT2D eigenvalue weighted by molar-refractivity contribution is 8.18. The molecule has 0 unspecified atom stereocenters. The molecule has 2 aromatic rings. The van der Waals surface area contributed by atoms with Crippen molar-refractivity contribution in [2.45, 2.75) is 0 Å². The van der Waals surface area contributed by atoms with E-state index in [0.717, 1.165) is 16.7 Å². The molecule has 154 valence electrons. The Morgan fingerprint density at radius 3 is 2.63 bits per heavy atom. The van der Waals surface area contributed by atoms with Crippen LogP contribution in [0.1, 0.15) is 5.56 Å². The second-order valence-corrected chi connectivity index (χ2v) is 7.19. The number of carbonyl (C=O) groups is 3. The van der Waals surface area contributed by atoms with Crippen LogP contribution < -0.4 is 14.8 Å². The van der Waals surface area contributed by atoms with E-state index in [1.165, 1.54) is 13.2 Å². The lowest BCUT2D eigenvalue weighted by Crippen LogP contribution is -2.27. The summed E-state index contributed by atoms with van der Waals surface area (Å²) in [6, 6.07) is 14.1. The monoisotopic (exact) mass is 424 g/mol. The summed E-state index contributed by atoms with van der Waals surface area (Å²) in [5.74, 6) is 0.129. The van der Waals surface area contributed by atoms with E-state index in [4.69, 9.17) is 9.47 Å². The molecule has 1 N–H and O–H groups in total. The molecule has 1 fully saturated rings. The van der Waals surface area contributed by atoms with Gasteiger partial charge in [-0.2, -0.15) is 0 Å². The van der Waals surface area contributed by atoms with Gasteiger partial charge in [-0.15, -0.1) is 6.58 Å². The average Bonchev–Trinajstić information content (AvgIpc) is 3.01. The number of hydrogen-bond acceptors (Lipinski definition) is 6. The van der Waals surface area contributed by atoms with E-state index in [9.17, 15) is 14.4 Å². The van der Waals surface area contributed by atoms with Crippen LogP contribution in [-0.4, -0.2) is 42.2 Å². The summed E-state index contributed by atoms with van der Waals surface area (Å²) in [5.41, 5.74) is 1.34. The van der Waals surface area contributed by atoms with Crippen molar-refractivity contribution in [3.05, 3.63) is 71.7 Å². The number of amides is 3. The highest BCUT2D eigenvalue weighted by Crippen LogP contribution is 2.34. The molecule has 1 heterocycles. The van der Waals surface area contributed by atoms with Crippen LogP contribution in [0.4, 0.5) is 10.5 Å². The van der Waals surface area contributed by atoms with Crippen molar-refractivity contribution < 1.29 is 23.9 Å². The molecule has 1 saturated heterocycles. The summed E-state index contributed by atoms with van der Waals surface area (Å²) in [7, 11) is 1.48. The summed E-state index contributed by atoms with van der Waals surface area (Å²) >= 11 is 0.875. The predicted molar refractivity (Wildman–Crippen MR) is 116 cm³/mol. The number of methoxy groups -OCH3 is 1. The number of benzene rings is 2. The predicted octanol–water partition coefficient (Wildman–Crippen LogP) is 3.94. The van der Waals surface area contributed by atoms with Crippen molar-refractivity contribution in [2.75, 3.05) is 25.6 Å². The molecule has 0 bridgehead atoms. The molecule has 0 atom stereocenters. The summed E-state index contributed by atoms with van der Waals surface area (Å²) in [4.78, 5) is 37.8. The van der Waals surface area contributed by atoms with E-state index >= 15 is 0 Å². The first-order valence-corrected chi connectivity index (χ1v) is 9.85. The lowest BCUT2D eigenvalue weighted by Gasteiger charge is -2.12. The Kier molecular flexibility index (Phi) is 6.92. The maximum Gasteiger partial charge on any atom is 0.293 e. The van der Waals surface area contributed by atoms with Crippen molar-refractivity contribution in [1.29, 1.82) is 0 Å². The van der Waals surface area contributed by atoms with Crippen LogP contribution in [0.15, 0.2) is 66.1 Å². The first kappa shape index (κ1) is 21.2. The van der Waals surface area contributed by atoms with Crippen molar-refractivity contribution >= 4 is 40.6 Å². The highest BCUT2D eigenvalue weighted by Gasteiger charge is 2.34. The zero-order chi connectivity index (χ0) is 21.5. The van der Waals surface area contributed by atoms with Crippen LogP contribution in [0.3, 0.4) is 0 Å². The highest BCUT2D eigenvalue weighted by atomic mass is 32.2. The Morgan fingerprint density at radius 1 is 1.17 bits per heavy atom. The van der Waals surface area contributed by atoms with Gasteiger partial charge in [-0.3, -0.25) is 19.3 Å². The van der Waals surface area contributed by atoms with Crippen LogP contribution in [0.5, 0.6) is 11.5 Å². The van der Waals surface area contributed by atoms with Gasteiger partial charge in [0, 0.05) is 12.2 Å². The maximum atomic E-state index is 12.3. The number of anilines is 1. The molecule has 0 saturated carbocycles. The number of rotatable bonds is 8. The van der Waals surface area contributed by atoms with Crippen molar-refractivity contribution in [2.24, 2.45) is 0 Å². The van der Waals surface area contributed by atoms with Crippen LogP contribution in [0.25, 0.3) is 6.08 Å². The number of nitrogens with one attached hydrogen (secondary N) is 1. The van der Waals surface area contributed by atoms with Gasteiger partial charge in [0.05, 0.1) is 12.0 Å². The van der Waals surface area contributed by atoms with Gasteiger partial charge in [0.25, 0.3) is 17.1 Å². The third kappa shape index (κ3) is 5.09. The number of hydrogen-bond donors (Lipinski definition) is 1. The van der Waals surface area contributed by atoms with E-state index in [2.05, 4.69) is 11.9 Å². The van der Waals surface area contributed by atoms with E-state index in [1.54, 1.807) is 36.4 Å². The average molecular weight is 424 g/mol. The van der Waals surface area contributed by atoms with Crippen LogP contribution >= 0.6 is 11.8 Å². The number of carbonyl (C=O) groups excluding carboxylic acids is 3. The van der Waals surface area contributed by atoms with Gasteiger partial charge in [-0.25, -0.2) is 0 Å². The fraction of sp³-hybridized carbons (Fsp3) is 0.136. The zero-order valence-electron chi connectivity index (χ0n) is 16.3. The van der Waals surface area contributed by atoms with E-state index in [1.807, 2.05) is 18.2 Å². The first-order chi connectivity index (χ1) is 14.5. The van der Waals surface area contributed by atoms with Gasteiger partial charge in [-0.05, 0) is 47.7 Å². The standard InChI is InChI=1S/C22H20N2O5S/c1-3-11-24-21(26)19(30-22(24)27)13-15-9-10-17(18(12-15)28-2)29-14-20(25)23-16-7-5-4-6-8-16/h3-10,12-13H,1,11,14H2,2H3,(H,23,25)/b19-13+. The van der Waals surface area contributed by atoms with Crippen LogP contribution in [-0.2, 0) is 9.59 Å². The van der Waals surface area contributed by atoms with Gasteiger partial charge in [0.2, 0.25) is 0 Å². The molecule has 1 aliphatic rings. The number of thioether (sulfide) groups is 1. The molecule has 8 heteroatoms. The van der Waals surface area contributed by atoms with Gasteiger partial charge in [-0.1, -0.05) is 30.3 Å². The Bertz CT molecular complexity index is 1000. The van der Waals surface area contributed by atoms with Gasteiger partial charge < -0.3 is 14.8 Å². The molecule has 1 aliphatic heterocycles. The van der Waals surface area contributed by atoms with Crippen molar-refractivity contribution in [3.8, 4) is 11.5 Å². The zero-order valence-corrected chi connectivity index (χ0v) is 17.1. The topological polar surface area (TPSA) is 84.9 Å². The molecular weight excluding hydrogens is 404 g/mol. The molecule has 2 aromatic carbocycles. The molecular formula is C22H20N2O5S. The normalized spacial score (nSPS) is 14.7. The maximum absolute atomic E-state index is 12.3. The minimum absolute atomic E-state index is 0.170. The van der Waals surface area contributed by atoms with Crippen LogP contribution in [0, 0.1) is 0 Å². The number of imide groups is 1. The Morgan fingerprint density at radius 2 is 1.93 bits per heavy atom. The van der Waals surface area contributed by atoms with Gasteiger partial charge in [0.15, 0.2) is 18.1 Å². The molecule has 3 rings (SSSR count). The number of para-hydroxylation sites is 1. The minimum atomic E-state index is -0.359. The third-order valence-corrected chi connectivity index (χ3v) is 4.99. The fourth-order valence-corrected chi connectivity index (χ4v) is 3.54. The summed E-state index contributed by atoms with van der Waals surface area (Å²) < 4.78 is 10.9. The SMILES string of the molecule is C=CCN1C(=O)S/C(=C/c2ccc(OCC(=O)Nc3ccccc3)c(OC)c2)C1=O. The van der Waals surface area contributed by atoms with Gasteiger partial charge >= 0.3 is 0 Å². The van der Waals surface area contributed by atoms with E-state index < -0.39 is 0 Å². The Hall–Kier alpha value is -3.52. The van der Waals surface area contributed by atoms with Crippen LogP contribution in [0.2, 0.25) is 0 Å². The Balaban J connectivity index is 1.68. The second-order valence-electron chi connectivity index (χ2n) is 6.19. The van der Waals surface area contributed by atoms with E-state index in [0.29, 0.717) is 27.7 Å². The van der Waals surface area contributed by atoms with Crippen molar-refractivity contribution in [3.63, 3.8) is 0 Å². The Labute approximate surface area is 178 Å². The first-order valence-electron chi connectivity index (χ1n) is 9.04. The summed E-state index contributed by atoms with van der Waals surface area (Å²) in [5, 5.41) is 2.40. The lowest BCUT2D eigenvalue weighted by molar-refractivity contribution is -0.122. The number of nitrogens with zero attached hydrogens (tertiary/aromatic N) is 1. The third-order valence-electron chi connectivity index (χ3n) is 4.09. The second kappa shape index (κ2) is 9.80. The quantitative estimate of drug-likeness (QED) is 0.510. The molecule has 30 heavy (non-hydrogen) atoms. The van der Waals surface area contributed by atoms with Gasteiger partial charge in [0.1, 0.15) is 0 Å². The fourth-order valence-electron chi connectivity index (χ4n) is 2.69. The molecule has 3 amide bonds. The summed E-state index contributed by atoms with van der Waals surface area (Å²) in [6.45, 7) is 3.53. The smallest absolute Gasteiger partial charge is 0.293 e. The number of ether oxygens (including phenoxy) is 2. The molecule has 7 nitrogen and oxygen atoms in total. The molecule has 0 spiro atoms. The summed E-state index contributed by atoms with van der Waals surface area (Å²) in [6.07, 6.45) is 3.12. The molecule has 0 radical (unpaired) electrons. The molecule has 0 aromatic heterocycles. The minimum Gasteiger partial charge on any atom is -0.493 e. The van der Waals surface area contributed by atoms with Crippen molar-refractivity contribution in [1.82, 2.24) is 4.90 Å².